The van der Waals surface area contributed by atoms with E-state index in [1.807, 2.05) is 43.4 Å². The highest BCUT2D eigenvalue weighted by atomic mass is 127. The fourth-order valence-corrected chi connectivity index (χ4v) is 1.96. The van der Waals surface area contributed by atoms with Crippen LogP contribution in [0.25, 0.3) is 0 Å². The maximum atomic E-state index is 11.6. The van der Waals surface area contributed by atoms with Gasteiger partial charge in [0.15, 0.2) is 5.78 Å². The van der Waals surface area contributed by atoms with Crippen molar-refractivity contribution < 1.29 is 14.3 Å². The molecule has 0 radical (unpaired) electrons. The number of carbonyl (C=O) groups is 2. The van der Waals surface area contributed by atoms with Crippen molar-refractivity contribution >= 4 is 34.5 Å². The Balaban J connectivity index is 2.58. The Bertz CT molecular complexity index is 259. The zero-order valence-electron chi connectivity index (χ0n) is 8.54. The molecule has 1 saturated heterocycles. The second-order valence-corrected chi connectivity index (χ2v) is 5.41. The first-order chi connectivity index (χ1) is 6.31. The van der Waals surface area contributed by atoms with E-state index in [1.54, 1.807) is 0 Å². The lowest BCUT2D eigenvalue weighted by atomic mass is 10.2. The number of likely N-dealkylation sites (tertiary alicyclic amines) is 1. The lowest BCUT2D eigenvalue weighted by Crippen LogP contribution is -2.38. The van der Waals surface area contributed by atoms with Crippen molar-refractivity contribution in [3.63, 3.8) is 0 Å². The van der Waals surface area contributed by atoms with Crippen LogP contribution in [0.2, 0.25) is 0 Å². The van der Waals surface area contributed by atoms with Gasteiger partial charge in [0.05, 0.1) is 0 Å². The third-order valence-electron chi connectivity index (χ3n) is 1.77. The topological polar surface area (TPSA) is 46.6 Å². The molecule has 14 heavy (non-hydrogen) atoms. The van der Waals surface area contributed by atoms with Crippen LogP contribution >= 0.6 is 22.6 Å². The molecule has 0 aromatic rings. The molecular weight excluding hydrogens is 297 g/mol. The quantitative estimate of drug-likeness (QED) is 0.390. The molecule has 4 nitrogen and oxygen atoms in total. The minimum atomic E-state index is -0.501. The molecule has 1 heterocycles. The number of nitrogens with zero attached hydrogens (tertiary/aromatic N) is 1. The van der Waals surface area contributed by atoms with Crippen LogP contribution in [-0.4, -0.2) is 33.0 Å². The predicted molar refractivity (Wildman–Crippen MR) is 60.4 cm³/mol. The van der Waals surface area contributed by atoms with Crippen LogP contribution in [0.15, 0.2) is 0 Å². The van der Waals surface area contributed by atoms with Crippen molar-refractivity contribution in [1.29, 1.82) is 0 Å². The summed E-state index contributed by atoms with van der Waals surface area (Å²) < 4.78 is 4.81. The summed E-state index contributed by atoms with van der Waals surface area (Å²) >= 11 is 1.96. The molecular formula is C9H14INO3. The Hall–Kier alpha value is -0.330. The van der Waals surface area contributed by atoms with Crippen LogP contribution in [0.3, 0.4) is 0 Å². The molecule has 0 saturated carbocycles. The zero-order valence-corrected chi connectivity index (χ0v) is 10.7. The molecule has 1 atom stereocenters. The van der Waals surface area contributed by atoms with Gasteiger partial charge in [-0.2, -0.15) is 0 Å². The van der Waals surface area contributed by atoms with Gasteiger partial charge in [-0.15, -0.1) is 0 Å². The molecule has 1 amide bonds. The minimum absolute atomic E-state index is 0.0939. The van der Waals surface area contributed by atoms with Crippen molar-refractivity contribution in [3.8, 4) is 0 Å². The highest BCUT2D eigenvalue weighted by Gasteiger charge is 2.35. The standard InChI is InChI=1S/C9H14INO3/c1-9(2,3)14-8(13)11-5-4-6(12)7(11)10/h7H,4-5H2,1-3H3. The molecule has 0 aromatic carbocycles. The number of amides is 1. The number of Topliss-reactive ketones (excluding diaryl/α,β-unsaturated/α-hetero) is 1. The van der Waals surface area contributed by atoms with Gasteiger partial charge in [0.2, 0.25) is 0 Å². The molecule has 1 unspecified atom stereocenters. The number of rotatable bonds is 0. The lowest BCUT2D eigenvalue weighted by molar-refractivity contribution is -0.117. The Morgan fingerprint density at radius 3 is 2.50 bits per heavy atom. The number of hydrogen-bond acceptors (Lipinski definition) is 3. The number of carbonyl (C=O) groups excluding carboxylic acids is 2. The molecule has 0 bridgehead atoms. The first kappa shape index (κ1) is 11.7. The average molecular weight is 311 g/mol. The van der Waals surface area contributed by atoms with Crippen molar-refractivity contribution in [2.75, 3.05) is 6.54 Å². The van der Waals surface area contributed by atoms with E-state index >= 15 is 0 Å². The summed E-state index contributed by atoms with van der Waals surface area (Å²) in [5, 5.41) is 0. The normalized spacial score (nSPS) is 22.7. The van der Waals surface area contributed by atoms with Gasteiger partial charge in [-0.1, -0.05) is 0 Å². The molecule has 1 rings (SSSR count). The maximum Gasteiger partial charge on any atom is 0.411 e. The fraction of sp³-hybridized carbons (Fsp3) is 0.778. The summed E-state index contributed by atoms with van der Waals surface area (Å²) in [6.45, 7) is 5.91. The van der Waals surface area contributed by atoms with E-state index in [0.717, 1.165) is 0 Å². The van der Waals surface area contributed by atoms with Crippen LogP contribution in [0.5, 0.6) is 0 Å². The number of ether oxygens (including phenoxy) is 1. The van der Waals surface area contributed by atoms with Gasteiger partial charge in [0.25, 0.3) is 0 Å². The zero-order chi connectivity index (χ0) is 10.9. The van der Waals surface area contributed by atoms with Gasteiger partial charge in [-0.3, -0.25) is 9.69 Å². The van der Waals surface area contributed by atoms with Crippen LogP contribution in [-0.2, 0) is 9.53 Å². The third-order valence-corrected chi connectivity index (χ3v) is 3.13. The van der Waals surface area contributed by atoms with Crippen molar-refractivity contribution in [2.45, 2.75) is 36.8 Å². The minimum Gasteiger partial charge on any atom is -0.444 e. The highest BCUT2D eigenvalue weighted by Crippen LogP contribution is 2.22. The SMILES string of the molecule is CC(C)(C)OC(=O)N1CCC(=O)C1I. The summed E-state index contributed by atoms with van der Waals surface area (Å²) in [6, 6.07) is 0. The summed E-state index contributed by atoms with van der Waals surface area (Å²) in [5.41, 5.74) is -0.501. The van der Waals surface area contributed by atoms with E-state index in [9.17, 15) is 9.59 Å². The molecule has 0 aromatic heterocycles. The maximum absolute atomic E-state index is 11.6. The second kappa shape index (κ2) is 4.04. The number of hydrogen-bond donors (Lipinski definition) is 0. The summed E-state index contributed by atoms with van der Waals surface area (Å²) in [5.74, 6) is 0.0939. The average Bonchev–Trinajstić information content (AvgIpc) is 2.29. The van der Waals surface area contributed by atoms with Crippen LogP contribution in [0.1, 0.15) is 27.2 Å². The summed E-state index contributed by atoms with van der Waals surface area (Å²) in [6.07, 6.45) is 0.0371. The Morgan fingerprint density at radius 1 is 1.57 bits per heavy atom. The van der Waals surface area contributed by atoms with Gasteiger partial charge in [0, 0.05) is 13.0 Å². The highest BCUT2D eigenvalue weighted by molar-refractivity contribution is 14.1. The van der Waals surface area contributed by atoms with Crippen LogP contribution in [0.4, 0.5) is 4.79 Å². The summed E-state index contributed by atoms with van der Waals surface area (Å²) in [7, 11) is 0. The van der Waals surface area contributed by atoms with E-state index in [4.69, 9.17) is 4.74 Å². The molecule has 0 spiro atoms. The smallest absolute Gasteiger partial charge is 0.411 e. The first-order valence-corrected chi connectivity index (χ1v) is 5.72. The van der Waals surface area contributed by atoms with Gasteiger partial charge in [0.1, 0.15) is 9.65 Å². The molecule has 80 valence electrons. The van der Waals surface area contributed by atoms with Crippen molar-refractivity contribution in [2.24, 2.45) is 0 Å². The molecule has 0 aliphatic carbocycles. The van der Waals surface area contributed by atoms with Crippen molar-refractivity contribution in [3.05, 3.63) is 0 Å². The van der Waals surface area contributed by atoms with E-state index in [1.165, 1.54) is 4.90 Å². The van der Waals surface area contributed by atoms with Gasteiger partial charge < -0.3 is 4.74 Å². The van der Waals surface area contributed by atoms with Crippen molar-refractivity contribution in [1.82, 2.24) is 4.90 Å². The first-order valence-electron chi connectivity index (χ1n) is 4.47. The molecule has 5 heteroatoms. The molecule has 1 aliphatic rings. The largest absolute Gasteiger partial charge is 0.444 e. The number of halogens is 1. The van der Waals surface area contributed by atoms with Crippen LogP contribution in [0, 0.1) is 0 Å². The molecule has 1 aliphatic heterocycles. The van der Waals surface area contributed by atoms with E-state index < -0.39 is 11.7 Å². The number of ketones is 1. The molecule has 1 fully saturated rings. The van der Waals surface area contributed by atoms with E-state index in [-0.39, 0.29) is 9.83 Å². The van der Waals surface area contributed by atoms with Gasteiger partial charge >= 0.3 is 6.09 Å². The monoisotopic (exact) mass is 311 g/mol. The predicted octanol–water partition coefficient (Wildman–Crippen LogP) is 1.96. The van der Waals surface area contributed by atoms with Gasteiger partial charge in [-0.25, -0.2) is 4.79 Å². The van der Waals surface area contributed by atoms with Crippen LogP contribution < -0.4 is 0 Å². The van der Waals surface area contributed by atoms with E-state index in [2.05, 4.69) is 0 Å². The Kier molecular flexibility index (Phi) is 3.39. The number of alkyl halides is 1. The van der Waals surface area contributed by atoms with E-state index in [0.29, 0.717) is 13.0 Å². The van der Waals surface area contributed by atoms with Gasteiger partial charge in [-0.05, 0) is 43.4 Å². The fourth-order valence-electron chi connectivity index (χ4n) is 1.14. The lowest BCUT2D eigenvalue weighted by Gasteiger charge is -2.25. The Labute approximate surface area is 97.1 Å². The summed E-state index contributed by atoms with van der Waals surface area (Å²) in [4.78, 5) is 24.2. The Morgan fingerprint density at radius 2 is 2.14 bits per heavy atom. The second-order valence-electron chi connectivity index (χ2n) is 4.23. The third kappa shape index (κ3) is 2.83. The molecule has 0 N–H and O–H groups in total.